The molecule has 84 valence electrons. The highest BCUT2D eigenvalue weighted by Gasteiger charge is 2.13. The van der Waals surface area contributed by atoms with E-state index in [0.29, 0.717) is 0 Å². The average molecular weight is 219 g/mol. The van der Waals surface area contributed by atoms with Crippen molar-refractivity contribution in [1.29, 1.82) is 0 Å². The van der Waals surface area contributed by atoms with Crippen LogP contribution in [0.25, 0.3) is 0 Å². The minimum Gasteiger partial charge on any atom is -0.309 e. The zero-order valence-electron chi connectivity index (χ0n) is 9.31. The molecule has 0 fully saturated rings. The third-order valence-electron chi connectivity index (χ3n) is 2.53. The van der Waals surface area contributed by atoms with Gasteiger partial charge in [-0.1, -0.05) is 12.1 Å². The topological polar surface area (TPSA) is 29.9 Å². The first kappa shape index (κ1) is 10.8. The van der Waals surface area contributed by atoms with E-state index in [4.69, 9.17) is 0 Å². The minimum atomic E-state index is -0.221. The summed E-state index contributed by atoms with van der Waals surface area (Å²) < 4.78 is 14.9. The molecule has 0 radical (unpaired) electrons. The summed E-state index contributed by atoms with van der Waals surface area (Å²) in [6.45, 7) is 0. The lowest BCUT2D eigenvalue weighted by atomic mass is 10.0. The molecule has 4 heteroatoms. The summed E-state index contributed by atoms with van der Waals surface area (Å²) in [5.74, 6) is -0.221. The number of benzene rings is 1. The molecule has 16 heavy (non-hydrogen) atoms. The zero-order valence-corrected chi connectivity index (χ0v) is 9.31. The van der Waals surface area contributed by atoms with Crippen LogP contribution in [0.1, 0.15) is 17.2 Å². The van der Waals surface area contributed by atoms with E-state index in [9.17, 15) is 4.39 Å². The highest BCUT2D eigenvalue weighted by atomic mass is 19.1. The Morgan fingerprint density at radius 1 is 1.38 bits per heavy atom. The third-order valence-corrected chi connectivity index (χ3v) is 2.53. The first-order valence-electron chi connectivity index (χ1n) is 5.12. The molecule has 2 aromatic rings. The van der Waals surface area contributed by atoms with E-state index >= 15 is 0 Å². The quantitative estimate of drug-likeness (QED) is 0.854. The van der Waals surface area contributed by atoms with Gasteiger partial charge in [0.1, 0.15) is 5.82 Å². The summed E-state index contributed by atoms with van der Waals surface area (Å²) in [4.78, 5) is 0. The number of aromatic nitrogens is 2. The van der Waals surface area contributed by atoms with Gasteiger partial charge in [0.2, 0.25) is 0 Å². The molecule has 1 aromatic carbocycles. The number of hydrogen-bond donors (Lipinski definition) is 1. The van der Waals surface area contributed by atoms with Crippen LogP contribution >= 0.6 is 0 Å². The molecule has 0 aliphatic carbocycles. The van der Waals surface area contributed by atoms with Crippen molar-refractivity contribution in [2.75, 3.05) is 7.05 Å². The van der Waals surface area contributed by atoms with E-state index in [2.05, 4.69) is 10.4 Å². The van der Waals surface area contributed by atoms with Crippen LogP contribution in [0.2, 0.25) is 0 Å². The first-order chi connectivity index (χ1) is 7.70. The maximum absolute atomic E-state index is 13.1. The molecule has 1 aromatic heterocycles. The predicted octanol–water partition coefficient (Wildman–Crippen LogP) is 1.87. The van der Waals surface area contributed by atoms with Crippen molar-refractivity contribution in [3.63, 3.8) is 0 Å². The molecule has 0 aliphatic heterocycles. The summed E-state index contributed by atoms with van der Waals surface area (Å²) in [6.07, 6.45) is 3.71. The number of nitrogens with one attached hydrogen (secondary N) is 1. The van der Waals surface area contributed by atoms with Gasteiger partial charge in [0.05, 0.1) is 12.2 Å². The zero-order chi connectivity index (χ0) is 11.5. The molecular formula is C12H14FN3. The van der Waals surface area contributed by atoms with Gasteiger partial charge in [0, 0.05) is 18.8 Å². The number of halogens is 1. The molecule has 0 bridgehead atoms. The van der Waals surface area contributed by atoms with Crippen LogP contribution in [0, 0.1) is 5.82 Å². The Morgan fingerprint density at radius 2 is 2.19 bits per heavy atom. The van der Waals surface area contributed by atoms with E-state index in [1.54, 1.807) is 16.9 Å². The largest absolute Gasteiger partial charge is 0.309 e. The van der Waals surface area contributed by atoms with Gasteiger partial charge in [-0.3, -0.25) is 4.68 Å². The number of nitrogens with zero attached hydrogens (tertiary/aromatic N) is 2. The molecule has 0 aliphatic rings. The van der Waals surface area contributed by atoms with E-state index in [0.717, 1.165) is 11.1 Å². The molecule has 3 nitrogen and oxygen atoms in total. The highest BCUT2D eigenvalue weighted by Crippen LogP contribution is 2.21. The Balaban J connectivity index is 2.36. The fraction of sp³-hybridized carbons (Fsp3) is 0.250. The van der Waals surface area contributed by atoms with Crippen molar-refractivity contribution in [2.45, 2.75) is 6.04 Å². The minimum absolute atomic E-state index is 0.0237. The van der Waals surface area contributed by atoms with E-state index < -0.39 is 0 Å². The SMILES string of the molecule is CN[C@H](c1cccc(F)c1)c1cnn(C)c1. The first-order valence-corrected chi connectivity index (χ1v) is 5.12. The van der Waals surface area contributed by atoms with Gasteiger partial charge in [-0.15, -0.1) is 0 Å². The van der Waals surface area contributed by atoms with Crippen molar-refractivity contribution < 1.29 is 4.39 Å². The normalized spacial score (nSPS) is 12.7. The molecule has 1 N–H and O–H groups in total. The Bertz CT molecular complexity index is 479. The molecule has 0 unspecified atom stereocenters. The van der Waals surface area contributed by atoms with E-state index in [-0.39, 0.29) is 11.9 Å². The van der Waals surface area contributed by atoms with Crippen molar-refractivity contribution in [1.82, 2.24) is 15.1 Å². The second-order valence-electron chi connectivity index (χ2n) is 3.72. The van der Waals surface area contributed by atoms with Gasteiger partial charge in [-0.05, 0) is 24.7 Å². The fourth-order valence-corrected chi connectivity index (χ4v) is 1.80. The standard InChI is InChI=1S/C12H14FN3/c1-14-12(10-7-15-16(2)8-10)9-4-3-5-11(13)6-9/h3-8,12,14H,1-2H3/t12-/m1/s1. The van der Waals surface area contributed by atoms with Crippen LogP contribution in [-0.4, -0.2) is 16.8 Å². The maximum Gasteiger partial charge on any atom is 0.123 e. The van der Waals surface area contributed by atoms with Crippen molar-refractivity contribution in [3.05, 3.63) is 53.6 Å². The lowest BCUT2D eigenvalue weighted by Gasteiger charge is -2.14. The Labute approximate surface area is 93.9 Å². The summed E-state index contributed by atoms with van der Waals surface area (Å²) in [6, 6.07) is 6.57. The predicted molar refractivity (Wildman–Crippen MR) is 60.5 cm³/mol. The molecule has 0 saturated heterocycles. The van der Waals surface area contributed by atoms with E-state index in [1.165, 1.54) is 12.1 Å². The van der Waals surface area contributed by atoms with Crippen molar-refractivity contribution in [3.8, 4) is 0 Å². The van der Waals surface area contributed by atoms with Crippen LogP contribution in [0.5, 0.6) is 0 Å². The summed E-state index contributed by atoms with van der Waals surface area (Å²) >= 11 is 0. The Morgan fingerprint density at radius 3 is 2.75 bits per heavy atom. The Kier molecular flexibility index (Phi) is 3.01. The van der Waals surface area contributed by atoms with Crippen molar-refractivity contribution >= 4 is 0 Å². The summed E-state index contributed by atoms with van der Waals surface area (Å²) in [5.41, 5.74) is 1.92. The second-order valence-corrected chi connectivity index (χ2v) is 3.72. The number of aryl methyl sites for hydroxylation is 1. The average Bonchev–Trinajstić information content (AvgIpc) is 2.66. The number of rotatable bonds is 3. The highest BCUT2D eigenvalue weighted by molar-refractivity contribution is 5.29. The molecule has 0 amide bonds. The lowest BCUT2D eigenvalue weighted by Crippen LogP contribution is -2.17. The van der Waals surface area contributed by atoms with Crippen LogP contribution in [0.4, 0.5) is 4.39 Å². The van der Waals surface area contributed by atoms with Gasteiger partial charge in [-0.2, -0.15) is 5.10 Å². The van der Waals surface area contributed by atoms with Gasteiger partial charge in [0.25, 0.3) is 0 Å². The van der Waals surface area contributed by atoms with Gasteiger partial charge < -0.3 is 5.32 Å². The van der Waals surface area contributed by atoms with Crippen LogP contribution in [0.3, 0.4) is 0 Å². The number of hydrogen-bond acceptors (Lipinski definition) is 2. The molecule has 0 spiro atoms. The smallest absolute Gasteiger partial charge is 0.123 e. The van der Waals surface area contributed by atoms with Crippen molar-refractivity contribution in [2.24, 2.45) is 7.05 Å². The monoisotopic (exact) mass is 219 g/mol. The maximum atomic E-state index is 13.1. The molecular weight excluding hydrogens is 205 g/mol. The van der Waals surface area contributed by atoms with Crippen LogP contribution < -0.4 is 5.32 Å². The van der Waals surface area contributed by atoms with Crippen LogP contribution in [0.15, 0.2) is 36.7 Å². The summed E-state index contributed by atoms with van der Waals surface area (Å²) in [5, 5.41) is 7.27. The second kappa shape index (κ2) is 4.45. The third kappa shape index (κ3) is 2.12. The van der Waals surface area contributed by atoms with Gasteiger partial charge in [0.15, 0.2) is 0 Å². The summed E-state index contributed by atoms with van der Waals surface area (Å²) in [7, 11) is 3.71. The molecule has 2 rings (SSSR count). The van der Waals surface area contributed by atoms with Gasteiger partial charge in [-0.25, -0.2) is 4.39 Å². The molecule has 1 heterocycles. The van der Waals surface area contributed by atoms with Gasteiger partial charge >= 0.3 is 0 Å². The van der Waals surface area contributed by atoms with E-state index in [1.807, 2.05) is 26.4 Å². The fourth-order valence-electron chi connectivity index (χ4n) is 1.80. The Hall–Kier alpha value is -1.68. The lowest BCUT2D eigenvalue weighted by molar-refractivity contribution is 0.616. The molecule has 0 saturated carbocycles. The molecule has 1 atom stereocenters. The van der Waals surface area contributed by atoms with Crippen LogP contribution in [-0.2, 0) is 7.05 Å².